The second-order valence-electron chi connectivity index (χ2n) is 4.62. The van der Waals surface area contributed by atoms with E-state index < -0.39 is 11.9 Å². The number of rotatable bonds is 8. The van der Waals surface area contributed by atoms with Crippen molar-refractivity contribution in [3.05, 3.63) is 0 Å². The van der Waals surface area contributed by atoms with Gasteiger partial charge in [-0.05, 0) is 25.8 Å². The number of hydrogen-bond acceptors (Lipinski definition) is 3. The van der Waals surface area contributed by atoms with E-state index in [0.717, 1.165) is 12.8 Å². The number of nitrogens with zero attached hydrogens (tertiary/aromatic N) is 1. The van der Waals surface area contributed by atoms with Crippen LogP contribution in [0.1, 0.15) is 44.9 Å². The largest absolute Gasteiger partial charge is 0.481 e. The summed E-state index contributed by atoms with van der Waals surface area (Å²) in [5.41, 5.74) is 0. The molecule has 1 rings (SSSR count). The lowest BCUT2D eigenvalue weighted by Crippen LogP contribution is -2.36. The molecule has 0 atom stereocenters. The minimum Gasteiger partial charge on any atom is -0.481 e. The first-order chi connectivity index (χ1) is 8.09. The molecule has 5 heteroatoms. The minimum absolute atomic E-state index is 0.142. The quantitative estimate of drug-likeness (QED) is 0.676. The molecule has 0 unspecified atom stereocenters. The monoisotopic (exact) mass is 243 g/mol. The highest BCUT2D eigenvalue weighted by Gasteiger charge is 2.22. The Bertz CT molecular complexity index is 261. The summed E-state index contributed by atoms with van der Waals surface area (Å²) in [6.07, 6.45) is 5.55. The summed E-state index contributed by atoms with van der Waals surface area (Å²) in [4.78, 5) is 23.2. The van der Waals surface area contributed by atoms with Crippen molar-refractivity contribution in [1.82, 2.24) is 4.90 Å². The van der Waals surface area contributed by atoms with E-state index >= 15 is 0 Å². The van der Waals surface area contributed by atoms with Crippen molar-refractivity contribution in [2.45, 2.75) is 51.0 Å². The number of aliphatic carboxylic acids is 2. The van der Waals surface area contributed by atoms with Gasteiger partial charge in [-0.25, -0.2) is 0 Å². The summed E-state index contributed by atoms with van der Waals surface area (Å²) in [5.74, 6) is -1.57. The van der Waals surface area contributed by atoms with Crippen LogP contribution in [0.25, 0.3) is 0 Å². The first kappa shape index (κ1) is 14.0. The molecule has 98 valence electrons. The van der Waals surface area contributed by atoms with E-state index in [4.69, 9.17) is 10.2 Å². The van der Waals surface area contributed by atoms with Crippen LogP contribution in [-0.2, 0) is 9.59 Å². The first-order valence-electron chi connectivity index (χ1n) is 6.27. The van der Waals surface area contributed by atoms with Crippen molar-refractivity contribution in [3.8, 4) is 0 Å². The van der Waals surface area contributed by atoms with Crippen LogP contribution in [0, 0.1) is 0 Å². The molecule has 0 amide bonds. The Morgan fingerprint density at radius 3 is 2.12 bits per heavy atom. The molecule has 0 aliphatic heterocycles. The van der Waals surface area contributed by atoms with Gasteiger partial charge in [0.25, 0.3) is 0 Å². The van der Waals surface area contributed by atoms with Gasteiger partial charge in [0.15, 0.2) is 0 Å². The van der Waals surface area contributed by atoms with E-state index in [1.807, 2.05) is 0 Å². The summed E-state index contributed by atoms with van der Waals surface area (Å²) >= 11 is 0. The topological polar surface area (TPSA) is 77.8 Å². The highest BCUT2D eigenvalue weighted by molar-refractivity contribution is 5.67. The number of carboxylic acids is 2. The number of carbonyl (C=O) groups is 2. The van der Waals surface area contributed by atoms with E-state index in [2.05, 4.69) is 4.90 Å². The number of carboxylic acid groups (broad SMARTS) is 2. The smallest absolute Gasteiger partial charge is 0.304 e. The highest BCUT2D eigenvalue weighted by atomic mass is 16.4. The highest BCUT2D eigenvalue weighted by Crippen LogP contribution is 2.23. The molecule has 0 radical (unpaired) electrons. The lowest BCUT2D eigenvalue weighted by Gasteiger charge is -2.28. The van der Waals surface area contributed by atoms with Gasteiger partial charge in [0.05, 0.1) is 6.42 Å². The average Bonchev–Trinajstić information content (AvgIpc) is 2.75. The fourth-order valence-electron chi connectivity index (χ4n) is 2.42. The van der Waals surface area contributed by atoms with Crippen molar-refractivity contribution >= 4 is 11.9 Å². The summed E-state index contributed by atoms with van der Waals surface area (Å²) in [6, 6.07) is 0.461. The Labute approximate surface area is 101 Å². The molecular formula is C12H21NO4. The molecular weight excluding hydrogens is 222 g/mol. The molecule has 0 spiro atoms. The van der Waals surface area contributed by atoms with Gasteiger partial charge in [-0.15, -0.1) is 0 Å². The van der Waals surface area contributed by atoms with Gasteiger partial charge in [0, 0.05) is 19.0 Å². The van der Waals surface area contributed by atoms with Crippen molar-refractivity contribution in [1.29, 1.82) is 0 Å². The maximum Gasteiger partial charge on any atom is 0.304 e. The standard InChI is InChI=1S/C12H21NO4/c14-11(15)6-3-8-13(9-7-12(16)17)10-4-1-2-5-10/h10H,1-9H2,(H,14,15)(H,16,17). The fourth-order valence-corrected chi connectivity index (χ4v) is 2.42. The lowest BCUT2D eigenvalue weighted by molar-refractivity contribution is -0.138. The van der Waals surface area contributed by atoms with Gasteiger partial charge < -0.3 is 10.2 Å². The Morgan fingerprint density at radius 1 is 1.00 bits per heavy atom. The van der Waals surface area contributed by atoms with Crippen molar-refractivity contribution in [3.63, 3.8) is 0 Å². The maximum atomic E-state index is 10.6. The van der Waals surface area contributed by atoms with Crippen molar-refractivity contribution < 1.29 is 19.8 Å². The minimum atomic E-state index is -0.786. The summed E-state index contributed by atoms with van der Waals surface area (Å²) < 4.78 is 0. The zero-order valence-corrected chi connectivity index (χ0v) is 10.1. The molecule has 1 aliphatic carbocycles. The zero-order valence-electron chi connectivity index (χ0n) is 10.1. The van der Waals surface area contributed by atoms with Crippen LogP contribution in [0.3, 0.4) is 0 Å². The lowest BCUT2D eigenvalue weighted by atomic mass is 10.1. The SMILES string of the molecule is O=C(O)CCCN(CCC(=O)O)C1CCCC1. The predicted molar refractivity (Wildman–Crippen MR) is 63.0 cm³/mol. The van der Waals surface area contributed by atoms with Gasteiger partial charge in [-0.2, -0.15) is 0 Å². The van der Waals surface area contributed by atoms with E-state index in [1.165, 1.54) is 12.8 Å². The molecule has 1 aliphatic rings. The van der Waals surface area contributed by atoms with Gasteiger partial charge in [-0.1, -0.05) is 12.8 Å². The number of hydrogen-bond donors (Lipinski definition) is 2. The molecule has 2 N–H and O–H groups in total. The van der Waals surface area contributed by atoms with Crippen LogP contribution in [0.2, 0.25) is 0 Å². The predicted octanol–water partition coefficient (Wildman–Crippen LogP) is 1.57. The van der Waals surface area contributed by atoms with Crippen molar-refractivity contribution in [2.24, 2.45) is 0 Å². The molecule has 0 heterocycles. The van der Waals surface area contributed by atoms with Gasteiger partial charge in [0.1, 0.15) is 0 Å². The molecule has 0 aromatic heterocycles. The van der Waals surface area contributed by atoms with Crippen LogP contribution in [0.5, 0.6) is 0 Å². The molecule has 1 saturated carbocycles. The van der Waals surface area contributed by atoms with Gasteiger partial charge >= 0.3 is 11.9 Å². The summed E-state index contributed by atoms with van der Waals surface area (Å²) in [7, 11) is 0. The van der Waals surface area contributed by atoms with Gasteiger partial charge in [0.2, 0.25) is 0 Å². The van der Waals surface area contributed by atoms with Crippen LogP contribution < -0.4 is 0 Å². The Morgan fingerprint density at radius 2 is 1.59 bits per heavy atom. The second kappa shape index (κ2) is 7.27. The van der Waals surface area contributed by atoms with Crippen LogP contribution in [-0.4, -0.2) is 46.2 Å². The Kier molecular flexibility index (Phi) is 5.97. The van der Waals surface area contributed by atoms with Crippen LogP contribution >= 0.6 is 0 Å². The second-order valence-corrected chi connectivity index (χ2v) is 4.62. The first-order valence-corrected chi connectivity index (χ1v) is 6.27. The van der Waals surface area contributed by atoms with Crippen LogP contribution in [0.4, 0.5) is 0 Å². The van der Waals surface area contributed by atoms with Crippen molar-refractivity contribution in [2.75, 3.05) is 13.1 Å². The molecule has 17 heavy (non-hydrogen) atoms. The molecule has 1 fully saturated rings. The third-order valence-corrected chi connectivity index (χ3v) is 3.29. The summed E-state index contributed by atoms with van der Waals surface area (Å²) in [6.45, 7) is 1.24. The third-order valence-electron chi connectivity index (χ3n) is 3.29. The molecule has 0 bridgehead atoms. The van der Waals surface area contributed by atoms with Gasteiger partial charge in [-0.3, -0.25) is 14.5 Å². The molecule has 0 saturated heterocycles. The van der Waals surface area contributed by atoms with Crippen LogP contribution in [0.15, 0.2) is 0 Å². The van der Waals surface area contributed by atoms with E-state index in [0.29, 0.717) is 25.6 Å². The van der Waals surface area contributed by atoms with E-state index in [9.17, 15) is 9.59 Å². The Balaban J connectivity index is 2.34. The molecule has 5 nitrogen and oxygen atoms in total. The average molecular weight is 243 g/mol. The van der Waals surface area contributed by atoms with E-state index in [1.54, 1.807) is 0 Å². The molecule has 0 aromatic carbocycles. The maximum absolute atomic E-state index is 10.6. The normalized spacial score (nSPS) is 16.5. The Hall–Kier alpha value is -1.10. The fraction of sp³-hybridized carbons (Fsp3) is 0.833. The molecule has 0 aromatic rings. The zero-order chi connectivity index (χ0) is 12.7. The third kappa shape index (κ3) is 5.68. The summed E-state index contributed by atoms with van der Waals surface area (Å²) in [5, 5.41) is 17.3. The van der Waals surface area contributed by atoms with E-state index in [-0.39, 0.29) is 12.8 Å².